The van der Waals surface area contributed by atoms with Crippen molar-refractivity contribution in [1.29, 1.82) is 0 Å². The maximum Gasteiger partial charge on any atom is 0.176 e. The van der Waals surface area contributed by atoms with Crippen LogP contribution in [0.1, 0.15) is 28.8 Å². The molecule has 1 atom stereocenters. The number of aromatic amines is 1. The average molecular weight is 366 g/mol. The molecule has 4 rings (SSSR count). The van der Waals surface area contributed by atoms with E-state index in [1.165, 1.54) is 13.2 Å². The van der Waals surface area contributed by atoms with E-state index in [0.29, 0.717) is 12.6 Å². The molecular formula is C22H23FN2O2. The van der Waals surface area contributed by atoms with Gasteiger partial charge < -0.3 is 9.72 Å². The quantitative estimate of drug-likeness (QED) is 0.665. The number of hydrogen-bond donors (Lipinski definition) is 1. The molecule has 5 heteroatoms. The fraction of sp³-hybridized carbons (Fsp3) is 0.318. The smallest absolute Gasteiger partial charge is 0.176 e. The molecule has 1 aliphatic rings. The van der Waals surface area contributed by atoms with Gasteiger partial charge in [0, 0.05) is 34.8 Å². The second kappa shape index (κ2) is 7.53. The third kappa shape index (κ3) is 3.60. The summed E-state index contributed by atoms with van der Waals surface area (Å²) in [5.74, 6) is 0.0467. The van der Waals surface area contributed by atoms with Crippen molar-refractivity contribution in [3.05, 3.63) is 65.6 Å². The van der Waals surface area contributed by atoms with Crippen molar-refractivity contribution in [3.8, 4) is 5.75 Å². The molecule has 0 radical (unpaired) electrons. The van der Waals surface area contributed by atoms with Crippen LogP contribution in [0.15, 0.2) is 48.7 Å². The molecule has 0 unspecified atom stereocenters. The third-order valence-corrected chi connectivity index (χ3v) is 5.44. The summed E-state index contributed by atoms with van der Waals surface area (Å²) >= 11 is 0. The molecule has 3 aromatic rings. The van der Waals surface area contributed by atoms with E-state index in [1.54, 1.807) is 6.07 Å². The lowest BCUT2D eigenvalue weighted by Crippen LogP contribution is -2.35. The zero-order chi connectivity index (χ0) is 18.8. The van der Waals surface area contributed by atoms with Crippen LogP contribution in [-0.4, -0.2) is 41.9 Å². The minimum atomic E-state index is -0.366. The van der Waals surface area contributed by atoms with E-state index in [4.69, 9.17) is 4.74 Å². The number of benzene rings is 2. The van der Waals surface area contributed by atoms with Gasteiger partial charge in [0.1, 0.15) is 0 Å². The lowest BCUT2D eigenvalue weighted by atomic mass is 10.0. The van der Waals surface area contributed by atoms with Gasteiger partial charge in [-0.1, -0.05) is 30.3 Å². The largest absolute Gasteiger partial charge is 0.494 e. The number of rotatable bonds is 6. The van der Waals surface area contributed by atoms with Crippen molar-refractivity contribution in [1.82, 2.24) is 9.88 Å². The van der Waals surface area contributed by atoms with Gasteiger partial charge in [0.15, 0.2) is 17.3 Å². The van der Waals surface area contributed by atoms with E-state index in [-0.39, 0.29) is 17.3 Å². The first-order valence-electron chi connectivity index (χ1n) is 9.31. The first kappa shape index (κ1) is 17.7. The monoisotopic (exact) mass is 366 g/mol. The second-order valence-corrected chi connectivity index (χ2v) is 7.11. The van der Waals surface area contributed by atoms with E-state index in [1.807, 2.05) is 36.5 Å². The number of nitrogens with one attached hydrogen (secondary N) is 1. The molecule has 0 spiro atoms. The molecule has 1 aliphatic heterocycles. The fourth-order valence-electron chi connectivity index (χ4n) is 3.99. The first-order chi connectivity index (χ1) is 13.2. The number of methoxy groups -OCH3 is 1. The highest BCUT2D eigenvalue weighted by atomic mass is 19.1. The zero-order valence-electron chi connectivity index (χ0n) is 15.4. The summed E-state index contributed by atoms with van der Waals surface area (Å²) in [4.78, 5) is 18.0. The Labute approximate surface area is 157 Å². The van der Waals surface area contributed by atoms with Gasteiger partial charge in [-0.25, -0.2) is 4.39 Å². The topological polar surface area (TPSA) is 45.3 Å². The summed E-state index contributed by atoms with van der Waals surface area (Å²) in [7, 11) is 1.48. The minimum Gasteiger partial charge on any atom is -0.494 e. The van der Waals surface area contributed by atoms with Gasteiger partial charge in [0.2, 0.25) is 0 Å². The Morgan fingerprint density at radius 3 is 2.89 bits per heavy atom. The van der Waals surface area contributed by atoms with Crippen LogP contribution in [0.3, 0.4) is 0 Å². The molecule has 4 nitrogen and oxygen atoms in total. The first-order valence-corrected chi connectivity index (χ1v) is 9.31. The molecule has 2 aromatic carbocycles. The van der Waals surface area contributed by atoms with E-state index >= 15 is 0 Å². The van der Waals surface area contributed by atoms with Gasteiger partial charge in [-0.2, -0.15) is 0 Å². The number of nitrogens with zero attached hydrogens (tertiary/aromatic N) is 1. The highest BCUT2D eigenvalue weighted by Gasteiger charge is 2.27. The summed E-state index contributed by atoms with van der Waals surface area (Å²) < 4.78 is 19.0. The predicted octanol–water partition coefficient (Wildman–Crippen LogP) is 4.21. The molecule has 0 amide bonds. The molecule has 1 saturated heterocycles. The molecule has 1 N–H and O–H groups in total. The number of Topliss-reactive ketones (excluding diaryl/α,β-unsaturated/α-hetero) is 1. The maximum absolute atomic E-state index is 13.9. The van der Waals surface area contributed by atoms with Crippen molar-refractivity contribution in [2.45, 2.75) is 25.3 Å². The zero-order valence-corrected chi connectivity index (χ0v) is 15.4. The van der Waals surface area contributed by atoms with Gasteiger partial charge in [0.25, 0.3) is 0 Å². The average Bonchev–Trinajstić information content (AvgIpc) is 3.29. The Morgan fingerprint density at radius 1 is 1.30 bits per heavy atom. The molecular weight excluding hydrogens is 343 g/mol. The van der Waals surface area contributed by atoms with Crippen LogP contribution in [0.25, 0.3) is 10.9 Å². The lowest BCUT2D eigenvalue weighted by Gasteiger charge is -2.23. The number of fused-ring (bicyclic) bond motifs is 1. The number of H-pyrrole nitrogens is 1. The summed E-state index contributed by atoms with van der Waals surface area (Å²) in [5.41, 5.74) is 2.66. The van der Waals surface area contributed by atoms with Crippen LogP contribution in [0.4, 0.5) is 4.39 Å². The van der Waals surface area contributed by atoms with Gasteiger partial charge in [-0.3, -0.25) is 9.69 Å². The van der Waals surface area contributed by atoms with Gasteiger partial charge in [-0.15, -0.1) is 0 Å². The van der Waals surface area contributed by atoms with E-state index in [0.717, 1.165) is 47.8 Å². The molecule has 0 aliphatic carbocycles. The summed E-state index contributed by atoms with van der Waals surface area (Å²) in [6.07, 6.45) is 4.93. The van der Waals surface area contributed by atoms with Crippen LogP contribution in [-0.2, 0) is 6.42 Å². The molecule has 0 bridgehead atoms. The fourth-order valence-corrected chi connectivity index (χ4v) is 3.99. The van der Waals surface area contributed by atoms with Gasteiger partial charge in [-0.05, 0) is 37.4 Å². The van der Waals surface area contributed by atoms with Crippen LogP contribution in [0.2, 0.25) is 0 Å². The maximum atomic E-state index is 13.9. The molecule has 2 heterocycles. The van der Waals surface area contributed by atoms with Crippen LogP contribution < -0.4 is 4.74 Å². The Hall–Kier alpha value is -2.66. The number of hydrogen-bond acceptors (Lipinski definition) is 3. The lowest BCUT2D eigenvalue weighted by molar-refractivity contribution is 0.0921. The van der Waals surface area contributed by atoms with Crippen molar-refractivity contribution < 1.29 is 13.9 Å². The summed E-state index contributed by atoms with van der Waals surface area (Å²) in [6.45, 7) is 1.37. The highest BCUT2D eigenvalue weighted by molar-refractivity contribution is 5.97. The van der Waals surface area contributed by atoms with E-state index < -0.39 is 0 Å². The van der Waals surface area contributed by atoms with Gasteiger partial charge in [0.05, 0.1) is 13.7 Å². The summed E-state index contributed by atoms with van der Waals surface area (Å²) in [5, 5.41) is 0.981. The molecule has 1 aromatic heterocycles. The van der Waals surface area contributed by atoms with Crippen molar-refractivity contribution in [2.24, 2.45) is 0 Å². The number of halogens is 1. The summed E-state index contributed by atoms with van der Waals surface area (Å²) in [6, 6.07) is 13.0. The van der Waals surface area contributed by atoms with Crippen LogP contribution in [0, 0.1) is 5.82 Å². The Morgan fingerprint density at radius 2 is 2.11 bits per heavy atom. The third-order valence-electron chi connectivity index (χ3n) is 5.44. The van der Waals surface area contributed by atoms with Crippen molar-refractivity contribution >= 4 is 16.7 Å². The molecule has 27 heavy (non-hydrogen) atoms. The number of ether oxygens (including phenoxy) is 1. The number of ketones is 1. The number of likely N-dealkylation sites (tertiary alicyclic amines) is 1. The van der Waals surface area contributed by atoms with E-state index in [2.05, 4.69) is 9.88 Å². The van der Waals surface area contributed by atoms with Crippen LogP contribution in [0.5, 0.6) is 5.75 Å². The number of carbonyl (C=O) groups excluding carboxylic acids is 1. The minimum absolute atomic E-state index is 0.158. The van der Waals surface area contributed by atoms with Crippen molar-refractivity contribution in [3.63, 3.8) is 0 Å². The van der Waals surface area contributed by atoms with E-state index in [9.17, 15) is 9.18 Å². The van der Waals surface area contributed by atoms with Gasteiger partial charge >= 0.3 is 0 Å². The molecule has 0 saturated carbocycles. The predicted molar refractivity (Wildman–Crippen MR) is 104 cm³/mol. The Kier molecular flexibility index (Phi) is 4.94. The standard InChI is InChI=1S/C22H23FN2O2/c1-27-22-11-18-16(13-24-20(18)12-19(22)23)10-17-8-5-9-25(17)14-21(26)15-6-3-2-4-7-15/h2-4,6-7,11-13,17,24H,5,8-10,14H2,1H3/t17-/m1/s1. The Bertz CT molecular complexity index is 952. The van der Waals surface area contributed by atoms with Crippen LogP contribution >= 0.6 is 0 Å². The normalized spacial score (nSPS) is 17.5. The Balaban J connectivity index is 1.52. The molecule has 1 fully saturated rings. The SMILES string of the molecule is COc1cc2c(C[C@H]3CCCN3CC(=O)c3ccccc3)c[nH]c2cc1F. The molecule has 140 valence electrons. The van der Waals surface area contributed by atoms with Crippen molar-refractivity contribution in [2.75, 3.05) is 20.2 Å². The second-order valence-electron chi connectivity index (χ2n) is 7.11. The number of aromatic nitrogens is 1. The number of carbonyl (C=O) groups is 1. The highest BCUT2D eigenvalue weighted by Crippen LogP contribution is 2.30.